The Morgan fingerprint density at radius 3 is 2.69 bits per heavy atom. The number of rotatable bonds is 7. The highest BCUT2D eigenvalue weighted by molar-refractivity contribution is 5.94. The first kappa shape index (κ1) is 20.9. The lowest BCUT2D eigenvalue weighted by atomic mass is 10.0. The summed E-state index contributed by atoms with van der Waals surface area (Å²) in [6.07, 6.45) is 2.25. The molecule has 0 radical (unpaired) electrons. The molecule has 1 fully saturated rings. The van der Waals surface area contributed by atoms with Crippen LogP contribution in [0.4, 0.5) is 0 Å². The van der Waals surface area contributed by atoms with Crippen LogP contribution in [-0.2, 0) is 17.8 Å². The molecule has 1 N–H and O–H groups in total. The number of benzene rings is 1. The van der Waals surface area contributed by atoms with Gasteiger partial charge in [0, 0.05) is 13.1 Å². The maximum atomic E-state index is 13.0. The molecule has 1 aromatic heterocycles. The number of carboxylic acids is 1. The van der Waals surface area contributed by atoms with Gasteiger partial charge in [-0.05, 0) is 42.4 Å². The Hall–Kier alpha value is -2.80. The zero-order valence-corrected chi connectivity index (χ0v) is 16.9. The van der Waals surface area contributed by atoms with Gasteiger partial charge in [-0.2, -0.15) is 0 Å². The van der Waals surface area contributed by atoms with E-state index >= 15 is 0 Å². The van der Waals surface area contributed by atoms with Crippen LogP contribution >= 0.6 is 0 Å². The van der Waals surface area contributed by atoms with Crippen LogP contribution in [0.1, 0.15) is 58.8 Å². The average molecular weight is 397 g/mol. The van der Waals surface area contributed by atoms with E-state index in [2.05, 4.69) is 10.2 Å². The normalized spacial score (nSPS) is 16.8. The molecule has 154 valence electrons. The van der Waals surface area contributed by atoms with E-state index in [0.717, 1.165) is 18.4 Å². The van der Waals surface area contributed by atoms with Crippen LogP contribution in [-0.4, -0.2) is 51.3 Å². The molecule has 1 aliphatic heterocycles. The van der Waals surface area contributed by atoms with Crippen molar-refractivity contribution in [3.05, 3.63) is 58.9 Å². The Balaban J connectivity index is 1.68. The standard InChI is InChI=1S/C22H27N3O4/c1-15(2)11-17-12-19(23-24-20(17)22(27)28)21(26)25-10-6-9-18(13-25)29-14-16-7-4-3-5-8-16/h3-5,7-8,12,15,18H,6,9-11,13-14H2,1-2H3,(H,27,28). The van der Waals surface area contributed by atoms with E-state index in [1.54, 1.807) is 11.0 Å². The van der Waals surface area contributed by atoms with Crippen molar-refractivity contribution in [2.24, 2.45) is 5.92 Å². The minimum Gasteiger partial charge on any atom is -0.476 e. The van der Waals surface area contributed by atoms with Gasteiger partial charge >= 0.3 is 5.97 Å². The molecule has 1 atom stereocenters. The van der Waals surface area contributed by atoms with Crippen molar-refractivity contribution in [1.29, 1.82) is 0 Å². The quantitative estimate of drug-likeness (QED) is 0.771. The van der Waals surface area contributed by atoms with Gasteiger partial charge in [0.05, 0.1) is 12.7 Å². The third-order valence-electron chi connectivity index (χ3n) is 4.92. The van der Waals surface area contributed by atoms with Crippen LogP contribution in [0.3, 0.4) is 0 Å². The summed E-state index contributed by atoms with van der Waals surface area (Å²) in [6, 6.07) is 11.5. The number of amides is 1. The maximum Gasteiger partial charge on any atom is 0.356 e. The van der Waals surface area contributed by atoms with Crippen LogP contribution in [0.15, 0.2) is 36.4 Å². The van der Waals surface area contributed by atoms with Gasteiger partial charge in [-0.15, -0.1) is 10.2 Å². The van der Waals surface area contributed by atoms with Crippen LogP contribution in [0.25, 0.3) is 0 Å². The fourth-order valence-corrected chi connectivity index (χ4v) is 3.52. The highest BCUT2D eigenvalue weighted by Gasteiger charge is 2.27. The van der Waals surface area contributed by atoms with Gasteiger partial charge in [-0.25, -0.2) is 4.79 Å². The first-order valence-corrected chi connectivity index (χ1v) is 9.98. The molecular formula is C22H27N3O4. The van der Waals surface area contributed by atoms with Crippen LogP contribution < -0.4 is 0 Å². The van der Waals surface area contributed by atoms with Crippen LogP contribution in [0.5, 0.6) is 0 Å². The number of carbonyl (C=O) groups is 2. The van der Waals surface area contributed by atoms with E-state index in [1.807, 2.05) is 44.2 Å². The molecule has 0 aliphatic carbocycles. The fraction of sp³-hybridized carbons (Fsp3) is 0.455. The van der Waals surface area contributed by atoms with Crippen molar-refractivity contribution in [3.63, 3.8) is 0 Å². The molecule has 7 heteroatoms. The highest BCUT2D eigenvalue weighted by Crippen LogP contribution is 2.19. The molecule has 7 nitrogen and oxygen atoms in total. The van der Waals surface area contributed by atoms with E-state index in [9.17, 15) is 14.7 Å². The molecule has 2 heterocycles. The van der Waals surface area contributed by atoms with Crippen molar-refractivity contribution in [2.45, 2.75) is 45.8 Å². The first-order valence-electron chi connectivity index (χ1n) is 9.98. The first-order chi connectivity index (χ1) is 13.9. The molecule has 0 bridgehead atoms. The molecule has 0 saturated carbocycles. The van der Waals surface area contributed by atoms with E-state index in [4.69, 9.17) is 4.74 Å². The smallest absolute Gasteiger partial charge is 0.356 e. The van der Waals surface area contributed by atoms with Crippen LogP contribution in [0, 0.1) is 5.92 Å². The maximum absolute atomic E-state index is 13.0. The van der Waals surface area contributed by atoms with Gasteiger partial charge < -0.3 is 14.7 Å². The van der Waals surface area contributed by atoms with E-state index < -0.39 is 5.97 Å². The number of piperidine rings is 1. The van der Waals surface area contributed by atoms with Gasteiger partial charge in [0.2, 0.25) is 0 Å². The largest absolute Gasteiger partial charge is 0.476 e. The Morgan fingerprint density at radius 2 is 2.00 bits per heavy atom. The number of nitrogens with zero attached hydrogens (tertiary/aromatic N) is 3. The summed E-state index contributed by atoms with van der Waals surface area (Å²) in [5.41, 5.74) is 1.75. The number of carbonyl (C=O) groups excluding carboxylic acids is 1. The second-order valence-electron chi connectivity index (χ2n) is 7.82. The summed E-state index contributed by atoms with van der Waals surface area (Å²) in [7, 11) is 0. The number of carboxylic acid groups (broad SMARTS) is 1. The lowest BCUT2D eigenvalue weighted by Crippen LogP contribution is -2.43. The van der Waals surface area contributed by atoms with Gasteiger partial charge in [-0.1, -0.05) is 44.2 Å². The van der Waals surface area contributed by atoms with Crippen molar-refractivity contribution in [2.75, 3.05) is 13.1 Å². The van der Waals surface area contributed by atoms with Crippen molar-refractivity contribution < 1.29 is 19.4 Å². The SMILES string of the molecule is CC(C)Cc1cc(C(=O)N2CCCC(OCc3ccccc3)C2)nnc1C(=O)O. The fourth-order valence-electron chi connectivity index (χ4n) is 3.52. The lowest BCUT2D eigenvalue weighted by molar-refractivity contribution is -0.00692. The lowest BCUT2D eigenvalue weighted by Gasteiger charge is -2.32. The Morgan fingerprint density at radius 1 is 1.24 bits per heavy atom. The molecule has 1 saturated heterocycles. The monoisotopic (exact) mass is 397 g/mol. The Bertz CT molecular complexity index is 854. The summed E-state index contributed by atoms with van der Waals surface area (Å²) >= 11 is 0. The number of aromatic nitrogens is 2. The summed E-state index contributed by atoms with van der Waals surface area (Å²) in [5.74, 6) is -1.11. The number of aromatic carboxylic acids is 1. The summed E-state index contributed by atoms with van der Waals surface area (Å²) in [6.45, 7) is 5.62. The average Bonchev–Trinajstić information content (AvgIpc) is 2.72. The molecule has 0 spiro atoms. The summed E-state index contributed by atoms with van der Waals surface area (Å²) in [4.78, 5) is 26.1. The molecule has 2 aromatic rings. The predicted molar refractivity (Wildman–Crippen MR) is 108 cm³/mol. The summed E-state index contributed by atoms with van der Waals surface area (Å²) in [5, 5.41) is 17.0. The van der Waals surface area contributed by atoms with Gasteiger partial charge in [0.25, 0.3) is 5.91 Å². The van der Waals surface area contributed by atoms with E-state index in [1.165, 1.54) is 0 Å². The molecule has 1 unspecified atom stereocenters. The third kappa shape index (κ3) is 5.60. The van der Waals surface area contributed by atoms with Crippen molar-refractivity contribution in [1.82, 2.24) is 15.1 Å². The molecule has 1 aliphatic rings. The second-order valence-corrected chi connectivity index (χ2v) is 7.82. The molecule has 3 rings (SSSR count). The number of ether oxygens (including phenoxy) is 1. The van der Waals surface area contributed by atoms with Gasteiger partial charge in [-0.3, -0.25) is 4.79 Å². The summed E-state index contributed by atoms with van der Waals surface area (Å²) < 4.78 is 6.00. The molecule has 1 amide bonds. The minimum absolute atomic E-state index is 0.0331. The Labute approximate surface area is 170 Å². The third-order valence-corrected chi connectivity index (χ3v) is 4.92. The molecule has 29 heavy (non-hydrogen) atoms. The topological polar surface area (TPSA) is 92.6 Å². The van der Waals surface area contributed by atoms with Gasteiger partial charge in [0.15, 0.2) is 11.4 Å². The van der Waals surface area contributed by atoms with E-state index in [0.29, 0.717) is 31.7 Å². The van der Waals surface area contributed by atoms with Gasteiger partial charge in [0.1, 0.15) is 0 Å². The van der Waals surface area contributed by atoms with Crippen molar-refractivity contribution >= 4 is 11.9 Å². The number of hydrogen-bond acceptors (Lipinski definition) is 5. The van der Waals surface area contributed by atoms with Crippen molar-refractivity contribution in [3.8, 4) is 0 Å². The molecule has 1 aromatic carbocycles. The highest BCUT2D eigenvalue weighted by atomic mass is 16.5. The number of hydrogen-bond donors (Lipinski definition) is 1. The van der Waals surface area contributed by atoms with Crippen LogP contribution in [0.2, 0.25) is 0 Å². The second kappa shape index (κ2) is 9.60. The zero-order valence-electron chi connectivity index (χ0n) is 16.9. The molecular weight excluding hydrogens is 370 g/mol. The Kier molecular flexibility index (Phi) is 6.93. The number of likely N-dealkylation sites (tertiary alicyclic amines) is 1. The predicted octanol–water partition coefficient (Wildman–Crippen LogP) is 3.19. The minimum atomic E-state index is -1.13. The zero-order chi connectivity index (χ0) is 20.8. The van der Waals surface area contributed by atoms with E-state index in [-0.39, 0.29) is 29.3 Å².